The summed E-state index contributed by atoms with van der Waals surface area (Å²) < 4.78 is 5.41. The molecule has 0 atom stereocenters. The molecular formula is C34H21N5PtS. The summed E-state index contributed by atoms with van der Waals surface area (Å²) in [5, 5.41) is 3.30. The van der Waals surface area contributed by atoms with Crippen LogP contribution in [0.1, 0.15) is 0 Å². The molecule has 0 N–H and O–H groups in total. The topological polar surface area (TPSA) is 48.5 Å². The molecule has 0 spiro atoms. The van der Waals surface area contributed by atoms with Gasteiger partial charge in [0.05, 0.1) is 5.52 Å². The van der Waals surface area contributed by atoms with Gasteiger partial charge < -0.3 is 14.1 Å². The number of aromatic nitrogens is 5. The summed E-state index contributed by atoms with van der Waals surface area (Å²) in [4.78, 5) is 14.1. The van der Waals surface area contributed by atoms with Gasteiger partial charge in [-0.15, -0.1) is 53.6 Å². The summed E-state index contributed by atoms with van der Waals surface area (Å²) in [6, 6.07) is 38.7. The molecule has 4 heterocycles. The van der Waals surface area contributed by atoms with Gasteiger partial charge in [0, 0.05) is 46.4 Å². The van der Waals surface area contributed by atoms with E-state index >= 15 is 0 Å². The maximum Gasteiger partial charge on any atom is 2.00 e. The van der Waals surface area contributed by atoms with Crippen molar-refractivity contribution in [2.45, 2.75) is 0 Å². The van der Waals surface area contributed by atoms with Crippen LogP contribution in [-0.2, 0) is 28.1 Å². The molecule has 41 heavy (non-hydrogen) atoms. The van der Waals surface area contributed by atoms with Gasteiger partial charge in [0.1, 0.15) is 5.82 Å². The molecule has 5 nitrogen and oxygen atoms in total. The third-order valence-corrected chi connectivity index (χ3v) is 8.32. The summed E-state index contributed by atoms with van der Waals surface area (Å²) >= 11 is 1.69. The van der Waals surface area contributed by atoms with Gasteiger partial charge in [0.25, 0.3) is 0 Å². The fraction of sp³-hybridized carbons (Fsp3) is 0.0294. The number of pyridine rings is 1. The number of para-hydroxylation sites is 2. The smallest absolute Gasteiger partial charge is 0.346 e. The van der Waals surface area contributed by atoms with Gasteiger partial charge >= 0.3 is 21.1 Å². The van der Waals surface area contributed by atoms with Crippen LogP contribution in [-0.4, -0.2) is 24.1 Å². The van der Waals surface area contributed by atoms with Gasteiger partial charge in [-0.05, 0) is 40.5 Å². The monoisotopic (exact) mass is 726 g/mol. The first-order chi connectivity index (χ1) is 19.7. The summed E-state index contributed by atoms with van der Waals surface area (Å²) in [5.41, 5.74) is 7.82. The van der Waals surface area contributed by atoms with E-state index in [1.165, 1.54) is 10.1 Å². The first-order valence-corrected chi connectivity index (χ1v) is 13.8. The molecule has 8 aromatic rings. The molecule has 0 aliphatic carbocycles. The molecule has 4 aromatic heterocycles. The molecule has 0 aliphatic rings. The second-order valence-corrected chi connectivity index (χ2v) is 10.7. The predicted octanol–water partition coefficient (Wildman–Crippen LogP) is 8.12. The second kappa shape index (κ2) is 10.2. The second-order valence-electron chi connectivity index (χ2n) is 9.72. The molecule has 0 aliphatic heterocycles. The molecule has 0 bridgehead atoms. The van der Waals surface area contributed by atoms with E-state index in [0.29, 0.717) is 0 Å². The Labute approximate surface area is 255 Å². The predicted molar refractivity (Wildman–Crippen MR) is 162 cm³/mol. The maximum absolute atomic E-state index is 4.89. The van der Waals surface area contributed by atoms with Gasteiger partial charge in [-0.1, -0.05) is 47.9 Å². The normalized spacial score (nSPS) is 11.3. The average molecular weight is 727 g/mol. The first kappa shape index (κ1) is 25.6. The third kappa shape index (κ3) is 4.31. The van der Waals surface area contributed by atoms with Crippen LogP contribution in [0.25, 0.3) is 70.9 Å². The Bertz CT molecular complexity index is 2160. The number of hydrogen-bond acceptors (Lipinski definition) is 4. The Hall–Kier alpha value is -4.38. The van der Waals surface area contributed by atoms with Crippen molar-refractivity contribution in [1.29, 1.82) is 0 Å². The standard InChI is InChI=1S/C34H21N5S.Pt/c1-38-18-17-35-33(38)24-14-16-28(36-21-24)22-7-6-8-25(19-22)39-30-11-4-2-9-26(30)27-15-13-23(20-31(27)39)34-37-29-10-3-5-12-32(29)40-34;/h2-18,21H,1H3;/q-2;+2. The molecule has 0 amide bonds. The zero-order valence-corrected chi connectivity index (χ0v) is 24.9. The fourth-order valence-electron chi connectivity index (χ4n) is 5.32. The SMILES string of the molecule is Cn1ccnc1-c1ccc(-c2[c-]c(-n3c4[c-]c(-c5nc6ccccc6s5)ccc4c4ccccc43)ccc2)nc1.[Pt+2]. The Balaban J connectivity index is 0.00000276. The molecular weight excluding hydrogens is 706 g/mol. The van der Waals surface area contributed by atoms with Gasteiger partial charge in [0.2, 0.25) is 0 Å². The molecule has 4 aromatic carbocycles. The molecule has 0 unspecified atom stereocenters. The van der Waals surface area contributed by atoms with Gasteiger partial charge in [-0.2, -0.15) is 11.3 Å². The van der Waals surface area contributed by atoms with Crippen molar-refractivity contribution in [3.63, 3.8) is 0 Å². The quantitative estimate of drug-likeness (QED) is 0.172. The number of rotatable bonds is 4. The zero-order valence-electron chi connectivity index (χ0n) is 21.9. The Morgan fingerprint density at radius 3 is 2.46 bits per heavy atom. The van der Waals surface area contributed by atoms with Gasteiger partial charge in [-0.3, -0.25) is 4.98 Å². The number of fused-ring (bicyclic) bond motifs is 4. The van der Waals surface area contributed by atoms with E-state index in [-0.39, 0.29) is 21.1 Å². The summed E-state index contributed by atoms with van der Waals surface area (Å²) in [5.74, 6) is 0.890. The van der Waals surface area contributed by atoms with Crippen molar-refractivity contribution >= 4 is 43.4 Å². The first-order valence-electron chi connectivity index (χ1n) is 13.0. The zero-order chi connectivity index (χ0) is 26.6. The van der Waals surface area contributed by atoms with E-state index in [2.05, 4.69) is 101 Å². The number of imidazole rings is 1. The molecule has 0 saturated heterocycles. The van der Waals surface area contributed by atoms with Crippen LogP contribution in [0.3, 0.4) is 0 Å². The van der Waals surface area contributed by atoms with E-state index in [0.717, 1.165) is 60.8 Å². The van der Waals surface area contributed by atoms with Gasteiger partial charge in [-0.25, -0.2) is 4.98 Å². The summed E-state index contributed by atoms with van der Waals surface area (Å²) in [7, 11) is 1.98. The fourth-order valence-corrected chi connectivity index (χ4v) is 6.27. The number of thiazole rings is 1. The Morgan fingerprint density at radius 1 is 0.756 bits per heavy atom. The number of benzene rings is 4. The molecule has 0 radical (unpaired) electrons. The average Bonchev–Trinajstić information content (AvgIpc) is 3.72. The molecule has 8 rings (SSSR count). The van der Waals surface area contributed by atoms with Crippen LogP contribution < -0.4 is 0 Å². The van der Waals surface area contributed by atoms with Crippen molar-refractivity contribution in [2.75, 3.05) is 0 Å². The van der Waals surface area contributed by atoms with Crippen LogP contribution in [0.2, 0.25) is 0 Å². The molecule has 0 fully saturated rings. The minimum absolute atomic E-state index is 0. The van der Waals surface area contributed by atoms with E-state index in [1.807, 2.05) is 36.1 Å². The number of hydrogen-bond donors (Lipinski definition) is 0. The maximum atomic E-state index is 4.89. The van der Waals surface area contributed by atoms with Crippen molar-refractivity contribution in [1.82, 2.24) is 24.1 Å². The minimum Gasteiger partial charge on any atom is -0.346 e. The van der Waals surface area contributed by atoms with E-state index in [9.17, 15) is 0 Å². The van der Waals surface area contributed by atoms with E-state index in [1.54, 1.807) is 17.5 Å². The van der Waals surface area contributed by atoms with Crippen molar-refractivity contribution < 1.29 is 21.1 Å². The summed E-state index contributed by atoms with van der Waals surface area (Å²) in [6.07, 6.45) is 5.60. The van der Waals surface area contributed by atoms with Crippen LogP contribution in [0.15, 0.2) is 110 Å². The Kier molecular flexibility index (Phi) is 6.38. The molecule has 198 valence electrons. The Morgan fingerprint density at radius 2 is 1.63 bits per heavy atom. The third-order valence-electron chi connectivity index (χ3n) is 7.25. The van der Waals surface area contributed by atoms with E-state index in [4.69, 9.17) is 9.97 Å². The van der Waals surface area contributed by atoms with Crippen LogP contribution in [0, 0.1) is 12.1 Å². The summed E-state index contributed by atoms with van der Waals surface area (Å²) in [6.45, 7) is 0. The van der Waals surface area contributed by atoms with Crippen LogP contribution >= 0.6 is 11.3 Å². The van der Waals surface area contributed by atoms with E-state index < -0.39 is 0 Å². The largest absolute Gasteiger partial charge is 2.00 e. The minimum atomic E-state index is 0. The molecule has 7 heteroatoms. The van der Waals surface area contributed by atoms with Crippen LogP contribution in [0.4, 0.5) is 0 Å². The number of aryl methyl sites for hydroxylation is 1. The van der Waals surface area contributed by atoms with Crippen molar-refractivity contribution in [3.05, 3.63) is 122 Å². The van der Waals surface area contributed by atoms with Crippen molar-refractivity contribution in [3.8, 4) is 38.9 Å². The molecule has 0 saturated carbocycles. The number of nitrogens with zero attached hydrogens (tertiary/aromatic N) is 5. The van der Waals surface area contributed by atoms with Crippen LogP contribution in [0.5, 0.6) is 0 Å². The van der Waals surface area contributed by atoms with Crippen molar-refractivity contribution in [2.24, 2.45) is 7.05 Å². The van der Waals surface area contributed by atoms with Gasteiger partial charge in [0.15, 0.2) is 0 Å².